The van der Waals surface area contributed by atoms with Crippen molar-refractivity contribution >= 4 is 45.8 Å². The van der Waals surface area contributed by atoms with Gasteiger partial charge < -0.3 is 11.1 Å². The van der Waals surface area contributed by atoms with E-state index in [-0.39, 0.29) is 5.91 Å². The van der Waals surface area contributed by atoms with Crippen LogP contribution in [0.1, 0.15) is 20.3 Å². The first-order valence-electron chi connectivity index (χ1n) is 5.41. The van der Waals surface area contributed by atoms with Gasteiger partial charge in [-0.1, -0.05) is 25.4 Å². The van der Waals surface area contributed by atoms with Gasteiger partial charge in [-0.25, -0.2) is 0 Å². The standard InChI is InChI=1S/C12H16ClIN2O/c1-7(2)5-10(15)12(17)16-11-4-3-8(13)6-9(11)14/h3-4,6-7,10H,5,15H2,1-2H3,(H,16,17). The van der Waals surface area contributed by atoms with Crippen LogP contribution >= 0.6 is 34.2 Å². The monoisotopic (exact) mass is 366 g/mol. The molecule has 3 N–H and O–H groups in total. The third-order valence-corrected chi connectivity index (χ3v) is 3.38. The van der Waals surface area contributed by atoms with E-state index in [1.165, 1.54) is 0 Å². The van der Waals surface area contributed by atoms with E-state index in [0.29, 0.717) is 17.4 Å². The number of amides is 1. The molecule has 0 heterocycles. The molecule has 1 rings (SSSR count). The number of benzene rings is 1. The predicted molar refractivity (Wildman–Crippen MR) is 80.2 cm³/mol. The zero-order valence-electron chi connectivity index (χ0n) is 9.84. The number of anilines is 1. The summed E-state index contributed by atoms with van der Waals surface area (Å²) in [5.74, 6) is 0.249. The molecule has 0 aliphatic rings. The number of nitrogens with two attached hydrogens (primary N) is 1. The van der Waals surface area contributed by atoms with E-state index < -0.39 is 6.04 Å². The van der Waals surface area contributed by atoms with Crippen molar-refractivity contribution in [3.05, 3.63) is 26.8 Å². The van der Waals surface area contributed by atoms with Crippen LogP contribution in [0.25, 0.3) is 0 Å². The molecule has 94 valence electrons. The normalized spacial score (nSPS) is 12.6. The van der Waals surface area contributed by atoms with Crippen LogP contribution in [0.3, 0.4) is 0 Å². The molecule has 0 aliphatic heterocycles. The number of halogens is 2. The minimum Gasteiger partial charge on any atom is -0.324 e. The first-order valence-corrected chi connectivity index (χ1v) is 6.87. The molecule has 0 aliphatic carbocycles. The number of nitrogens with one attached hydrogen (secondary N) is 1. The van der Waals surface area contributed by atoms with Gasteiger partial charge in [0, 0.05) is 8.59 Å². The van der Waals surface area contributed by atoms with Crippen LogP contribution in [0.5, 0.6) is 0 Å². The van der Waals surface area contributed by atoms with Crippen molar-refractivity contribution in [3.63, 3.8) is 0 Å². The Bertz CT molecular complexity index is 409. The number of rotatable bonds is 4. The average Bonchev–Trinajstić information content (AvgIpc) is 2.21. The number of carbonyl (C=O) groups excluding carboxylic acids is 1. The summed E-state index contributed by atoms with van der Waals surface area (Å²) in [6.45, 7) is 4.08. The van der Waals surface area contributed by atoms with Crippen molar-refractivity contribution in [2.75, 3.05) is 5.32 Å². The fourth-order valence-electron chi connectivity index (χ4n) is 1.43. The number of hydrogen-bond donors (Lipinski definition) is 2. The average molecular weight is 367 g/mol. The zero-order chi connectivity index (χ0) is 13.0. The lowest BCUT2D eigenvalue weighted by atomic mass is 10.0. The molecule has 1 aromatic rings. The molecule has 3 nitrogen and oxygen atoms in total. The number of hydrogen-bond acceptors (Lipinski definition) is 2. The van der Waals surface area contributed by atoms with Crippen LogP contribution in [-0.2, 0) is 4.79 Å². The Hall–Kier alpha value is -0.330. The lowest BCUT2D eigenvalue weighted by Gasteiger charge is -2.15. The van der Waals surface area contributed by atoms with Crippen molar-refractivity contribution in [3.8, 4) is 0 Å². The minimum atomic E-state index is -0.471. The lowest BCUT2D eigenvalue weighted by molar-refractivity contribution is -0.117. The Morgan fingerprint density at radius 3 is 2.71 bits per heavy atom. The molecule has 1 amide bonds. The van der Waals surface area contributed by atoms with Gasteiger partial charge in [-0.2, -0.15) is 0 Å². The molecule has 0 saturated heterocycles. The van der Waals surface area contributed by atoms with E-state index in [9.17, 15) is 4.79 Å². The molecule has 1 atom stereocenters. The smallest absolute Gasteiger partial charge is 0.241 e. The molecular formula is C12H16ClIN2O. The van der Waals surface area contributed by atoms with Crippen molar-refractivity contribution in [2.45, 2.75) is 26.3 Å². The topological polar surface area (TPSA) is 55.1 Å². The first-order chi connectivity index (χ1) is 7.90. The van der Waals surface area contributed by atoms with Gasteiger partial charge in [-0.05, 0) is 53.1 Å². The van der Waals surface area contributed by atoms with Crippen molar-refractivity contribution < 1.29 is 4.79 Å². The summed E-state index contributed by atoms with van der Waals surface area (Å²) in [5, 5.41) is 3.46. The fraction of sp³-hybridized carbons (Fsp3) is 0.417. The van der Waals surface area contributed by atoms with Gasteiger partial charge in [-0.3, -0.25) is 4.79 Å². The van der Waals surface area contributed by atoms with Crippen molar-refractivity contribution in [2.24, 2.45) is 11.7 Å². The summed E-state index contributed by atoms with van der Waals surface area (Å²) < 4.78 is 0.903. The van der Waals surface area contributed by atoms with Crippen LogP contribution in [-0.4, -0.2) is 11.9 Å². The summed E-state index contributed by atoms with van der Waals surface area (Å²) in [7, 11) is 0. The molecule has 0 aromatic heterocycles. The van der Waals surface area contributed by atoms with Gasteiger partial charge in [-0.15, -0.1) is 0 Å². The third-order valence-electron chi connectivity index (χ3n) is 2.25. The fourth-order valence-corrected chi connectivity index (χ4v) is 2.44. The van der Waals surface area contributed by atoms with E-state index in [2.05, 4.69) is 27.9 Å². The van der Waals surface area contributed by atoms with Gasteiger partial charge in [0.2, 0.25) is 5.91 Å². The van der Waals surface area contributed by atoms with Crippen molar-refractivity contribution in [1.29, 1.82) is 0 Å². The highest BCUT2D eigenvalue weighted by atomic mass is 127. The van der Waals surface area contributed by atoms with Crippen LogP contribution in [0.2, 0.25) is 5.02 Å². The highest BCUT2D eigenvalue weighted by Gasteiger charge is 2.15. The van der Waals surface area contributed by atoms with Gasteiger partial charge in [0.25, 0.3) is 0 Å². The summed E-state index contributed by atoms with van der Waals surface area (Å²) in [5.41, 5.74) is 6.55. The Kier molecular flexibility index (Phi) is 5.69. The summed E-state index contributed by atoms with van der Waals surface area (Å²) in [6, 6.07) is 4.85. The van der Waals surface area contributed by atoms with Crippen LogP contribution in [0, 0.1) is 9.49 Å². The maximum Gasteiger partial charge on any atom is 0.241 e. The molecule has 0 radical (unpaired) electrons. The molecule has 1 unspecified atom stereocenters. The molecule has 17 heavy (non-hydrogen) atoms. The van der Waals surface area contributed by atoms with Crippen molar-refractivity contribution in [1.82, 2.24) is 0 Å². The second kappa shape index (κ2) is 6.56. The van der Waals surface area contributed by atoms with Gasteiger partial charge >= 0.3 is 0 Å². The van der Waals surface area contributed by atoms with E-state index in [4.69, 9.17) is 17.3 Å². The van der Waals surface area contributed by atoms with Crippen LogP contribution in [0.15, 0.2) is 18.2 Å². The second-order valence-corrected chi connectivity index (χ2v) is 5.95. The van der Waals surface area contributed by atoms with Gasteiger partial charge in [0.1, 0.15) is 0 Å². The lowest BCUT2D eigenvalue weighted by Crippen LogP contribution is -2.36. The minimum absolute atomic E-state index is 0.154. The Morgan fingerprint density at radius 2 is 2.18 bits per heavy atom. The van der Waals surface area contributed by atoms with E-state index in [1.807, 2.05) is 13.8 Å². The predicted octanol–water partition coefficient (Wildman–Crippen LogP) is 3.26. The highest BCUT2D eigenvalue weighted by Crippen LogP contribution is 2.22. The summed E-state index contributed by atoms with van der Waals surface area (Å²) >= 11 is 7.97. The SMILES string of the molecule is CC(C)CC(N)C(=O)Nc1ccc(Cl)cc1I. The van der Waals surface area contributed by atoms with Gasteiger partial charge in [0.15, 0.2) is 0 Å². The first kappa shape index (κ1) is 14.7. The Morgan fingerprint density at radius 1 is 1.53 bits per heavy atom. The van der Waals surface area contributed by atoms with E-state index in [1.54, 1.807) is 18.2 Å². The molecule has 0 fully saturated rings. The van der Waals surface area contributed by atoms with E-state index in [0.717, 1.165) is 9.26 Å². The molecule has 0 bridgehead atoms. The van der Waals surface area contributed by atoms with E-state index >= 15 is 0 Å². The van der Waals surface area contributed by atoms with Crippen LogP contribution in [0.4, 0.5) is 5.69 Å². The van der Waals surface area contributed by atoms with Gasteiger partial charge in [0.05, 0.1) is 11.7 Å². The summed E-state index contributed by atoms with van der Waals surface area (Å²) in [4.78, 5) is 11.8. The largest absolute Gasteiger partial charge is 0.324 e. The number of carbonyl (C=O) groups is 1. The Balaban J connectivity index is 2.67. The zero-order valence-corrected chi connectivity index (χ0v) is 12.7. The Labute approximate surface area is 120 Å². The third kappa shape index (κ3) is 4.81. The molecule has 5 heteroatoms. The maximum absolute atomic E-state index is 11.8. The molecule has 0 saturated carbocycles. The molecule has 0 spiro atoms. The second-order valence-electron chi connectivity index (χ2n) is 4.35. The molecular weight excluding hydrogens is 351 g/mol. The maximum atomic E-state index is 11.8. The molecule has 1 aromatic carbocycles. The highest BCUT2D eigenvalue weighted by molar-refractivity contribution is 14.1. The van der Waals surface area contributed by atoms with Crippen LogP contribution < -0.4 is 11.1 Å². The quantitative estimate of drug-likeness (QED) is 0.804. The summed E-state index contributed by atoms with van der Waals surface area (Å²) in [6.07, 6.45) is 0.677.